The molecule has 1 atom stereocenters. The fourth-order valence-electron chi connectivity index (χ4n) is 3.52. The fraction of sp³-hybridized carbons (Fsp3) is 1.00. The van der Waals surface area contributed by atoms with Crippen LogP contribution in [0.4, 0.5) is 0 Å². The summed E-state index contributed by atoms with van der Waals surface area (Å²) in [6.07, 6.45) is 16.3. The van der Waals surface area contributed by atoms with Gasteiger partial charge in [0.1, 0.15) is 0 Å². The zero-order chi connectivity index (χ0) is 11.2. The Morgan fingerprint density at radius 3 is 2.00 bits per heavy atom. The van der Waals surface area contributed by atoms with Crippen molar-refractivity contribution in [3.63, 3.8) is 0 Å². The maximum absolute atomic E-state index is 3.62. The molecule has 94 valence electrons. The molecule has 0 aliphatic heterocycles. The van der Waals surface area contributed by atoms with Crippen molar-refractivity contribution in [2.24, 2.45) is 11.8 Å². The predicted molar refractivity (Wildman–Crippen MR) is 70.6 cm³/mol. The molecule has 0 aromatic rings. The molecular weight excluding hydrogens is 194 g/mol. The molecule has 2 saturated carbocycles. The second-order valence-electron chi connectivity index (χ2n) is 6.03. The van der Waals surface area contributed by atoms with Gasteiger partial charge >= 0.3 is 0 Å². The SMILES string of the molecule is CNC(CC1CCC1)C1CCCCCCC1. The molecular formula is C15H29N. The first-order valence-electron chi connectivity index (χ1n) is 7.57. The summed E-state index contributed by atoms with van der Waals surface area (Å²) < 4.78 is 0. The van der Waals surface area contributed by atoms with Gasteiger partial charge in [0, 0.05) is 6.04 Å². The van der Waals surface area contributed by atoms with Crippen LogP contribution in [0.25, 0.3) is 0 Å². The molecule has 1 N–H and O–H groups in total. The largest absolute Gasteiger partial charge is 0.317 e. The molecule has 16 heavy (non-hydrogen) atoms. The minimum Gasteiger partial charge on any atom is -0.317 e. The van der Waals surface area contributed by atoms with Crippen molar-refractivity contribution in [2.75, 3.05) is 7.05 Å². The number of hydrogen-bond donors (Lipinski definition) is 1. The molecule has 0 spiro atoms. The summed E-state index contributed by atoms with van der Waals surface area (Å²) in [5, 5.41) is 3.62. The van der Waals surface area contributed by atoms with Gasteiger partial charge in [0.25, 0.3) is 0 Å². The fourth-order valence-corrected chi connectivity index (χ4v) is 3.52. The molecule has 1 nitrogen and oxygen atoms in total. The van der Waals surface area contributed by atoms with E-state index in [9.17, 15) is 0 Å². The highest BCUT2D eigenvalue weighted by molar-refractivity contribution is 4.82. The smallest absolute Gasteiger partial charge is 0.00949 e. The molecule has 0 bridgehead atoms. The first kappa shape index (κ1) is 12.4. The molecule has 2 aliphatic rings. The lowest BCUT2D eigenvalue weighted by Crippen LogP contribution is -2.37. The van der Waals surface area contributed by atoms with Crippen LogP contribution in [0, 0.1) is 11.8 Å². The van der Waals surface area contributed by atoms with E-state index in [-0.39, 0.29) is 0 Å². The Hall–Kier alpha value is -0.0400. The second kappa shape index (κ2) is 6.64. The number of nitrogens with one attached hydrogen (secondary N) is 1. The zero-order valence-corrected chi connectivity index (χ0v) is 11.0. The summed E-state index contributed by atoms with van der Waals surface area (Å²) in [4.78, 5) is 0. The maximum atomic E-state index is 3.62. The molecule has 1 heteroatoms. The minimum absolute atomic E-state index is 0.823. The van der Waals surface area contributed by atoms with E-state index in [0.29, 0.717) is 0 Å². The molecule has 0 saturated heterocycles. The van der Waals surface area contributed by atoms with Crippen molar-refractivity contribution >= 4 is 0 Å². The summed E-state index contributed by atoms with van der Waals surface area (Å²) in [6, 6.07) is 0.823. The maximum Gasteiger partial charge on any atom is 0.00949 e. The summed E-state index contributed by atoms with van der Waals surface area (Å²) >= 11 is 0. The highest BCUT2D eigenvalue weighted by Crippen LogP contribution is 2.34. The first-order valence-corrected chi connectivity index (χ1v) is 7.57. The Bertz CT molecular complexity index is 178. The van der Waals surface area contributed by atoms with E-state index in [4.69, 9.17) is 0 Å². The topological polar surface area (TPSA) is 12.0 Å². The summed E-state index contributed by atoms with van der Waals surface area (Å²) in [6.45, 7) is 0. The zero-order valence-electron chi connectivity index (χ0n) is 11.0. The standard InChI is InChI=1S/C15H29N/c1-16-15(12-13-8-7-9-13)14-10-5-3-2-4-6-11-14/h13-16H,2-12H2,1H3. The third-order valence-corrected chi connectivity index (χ3v) is 4.90. The van der Waals surface area contributed by atoms with Gasteiger partial charge in [-0.2, -0.15) is 0 Å². The Labute approximate surface area is 101 Å². The van der Waals surface area contributed by atoms with E-state index in [1.807, 2.05) is 0 Å². The normalized spacial score (nSPS) is 26.8. The van der Waals surface area contributed by atoms with Crippen molar-refractivity contribution < 1.29 is 0 Å². The second-order valence-corrected chi connectivity index (χ2v) is 6.03. The Kier molecular flexibility index (Phi) is 5.15. The van der Waals surface area contributed by atoms with Crippen LogP contribution in [-0.4, -0.2) is 13.1 Å². The van der Waals surface area contributed by atoms with Gasteiger partial charge in [-0.25, -0.2) is 0 Å². The van der Waals surface area contributed by atoms with Crippen LogP contribution in [-0.2, 0) is 0 Å². The van der Waals surface area contributed by atoms with E-state index in [0.717, 1.165) is 17.9 Å². The van der Waals surface area contributed by atoms with Gasteiger partial charge in [0.2, 0.25) is 0 Å². The van der Waals surface area contributed by atoms with Crippen LogP contribution in [0.2, 0.25) is 0 Å². The highest BCUT2D eigenvalue weighted by atomic mass is 14.9. The van der Waals surface area contributed by atoms with Gasteiger partial charge in [0.05, 0.1) is 0 Å². The average Bonchev–Trinajstić information content (AvgIpc) is 2.18. The lowest BCUT2D eigenvalue weighted by atomic mass is 9.76. The summed E-state index contributed by atoms with van der Waals surface area (Å²) in [5.41, 5.74) is 0. The van der Waals surface area contributed by atoms with Crippen molar-refractivity contribution in [1.29, 1.82) is 0 Å². The van der Waals surface area contributed by atoms with E-state index < -0.39 is 0 Å². The highest BCUT2D eigenvalue weighted by Gasteiger charge is 2.26. The van der Waals surface area contributed by atoms with Crippen LogP contribution in [0.15, 0.2) is 0 Å². The monoisotopic (exact) mass is 223 g/mol. The van der Waals surface area contributed by atoms with Crippen molar-refractivity contribution in [2.45, 2.75) is 76.7 Å². The van der Waals surface area contributed by atoms with Crippen molar-refractivity contribution in [3.8, 4) is 0 Å². The molecule has 0 heterocycles. The third-order valence-electron chi connectivity index (χ3n) is 4.90. The molecule has 2 fully saturated rings. The molecule has 2 rings (SSSR count). The summed E-state index contributed by atoms with van der Waals surface area (Å²) in [7, 11) is 2.18. The Morgan fingerprint density at radius 2 is 1.50 bits per heavy atom. The van der Waals surface area contributed by atoms with Gasteiger partial charge in [-0.1, -0.05) is 51.4 Å². The molecule has 0 aromatic heterocycles. The van der Waals surface area contributed by atoms with Crippen LogP contribution in [0.5, 0.6) is 0 Å². The van der Waals surface area contributed by atoms with E-state index >= 15 is 0 Å². The third kappa shape index (κ3) is 3.48. The Balaban J connectivity index is 1.79. The van der Waals surface area contributed by atoms with Crippen LogP contribution in [0.1, 0.15) is 70.6 Å². The van der Waals surface area contributed by atoms with Crippen LogP contribution < -0.4 is 5.32 Å². The lowest BCUT2D eigenvalue weighted by Gasteiger charge is -2.34. The predicted octanol–water partition coefficient (Wildman–Crippen LogP) is 4.13. The van der Waals surface area contributed by atoms with E-state index in [1.54, 1.807) is 0 Å². The van der Waals surface area contributed by atoms with Crippen LogP contribution in [0.3, 0.4) is 0 Å². The van der Waals surface area contributed by atoms with Crippen molar-refractivity contribution in [3.05, 3.63) is 0 Å². The Morgan fingerprint density at radius 1 is 0.875 bits per heavy atom. The minimum atomic E-state index is 0.823. The molecule has 2 aliphatic carbocycles. The molecule has 0 aromatic carbocycles. The average molecular weight is 223 g/mol. The number of hydrogen-bond acceptors (Lipinski definition) is 1. The van der Waals surface area contributed by atoms with Crippen LogP contribution >= 0.6 is 0 Å². The molecule has 0 amide bonds. The lowest BCUT2D eigenvalue weighted by molar-refractivity contribution is 0.207. The molecule has 0 radical (unpaired) electrons. The van der Waals surface area contributed by atoms with Gasteiger partial charge in [0.15, 0.2) is 0 Å². The van der Waals surface area contributed by atoms with Gasteiger partial charge in [-0.15, -0.1) is 0 Å². The molecule has 1 unspecified atom stereocenters. The van der Waals surface area contributed by atoms with Crippen molar-refractivity contribution in [1.82, 2.24) is 5.32 Å². The van der Waals surface area contributed by atoms with E-state index in [1.165, 1.54) is 70.6 Å². The van der Waals surface area contributed by atoms with E-state index in [2.05, 4.69) is 12.4 Å². The summed E-state index contributed by atoms with van der Waals surface area (Å²) in [5.74, 6) is 2.04. The first-order chi connectivity index (χ1) is 7.90. The number of rotatable bonds is 4. The van der Waals surface area contributed by atoms with Gasteiger partial charge in [-0.3, -0.25) is 0 Å². The van der Waals surface area contributed by atoms with Gasteiger partial charge < -0.3 is 5.32 Å². The quantitative estimate of drug-likeness (QED) is 0.756. The van der Waals surface area contributed by atoms with Gasteiger partial charge in [-0.05, 0) is 38.1 Å².